The average molecular weight is 141 g/mol. The van der Waals surface area contributed by atoms with Gasteiger partial charge >= 0.3 is 0 Å². The lowest BCUT2D eigenvalue weighted by Crippen LogP contribution is -2.29. The molecule has 2 aliphatic rings. The Morgan fingerprint density at radius 2 is 1.90 bits per heavy atom. The fourth-order valence-corrected chi connectivity index (χ4v) is 1.84. The van der Waals surface area contributed by atoms with E-state index in [1.54, 1.807) is 6.61 Å². The molecule has 0 N–H and O–H groups in total. The zero-order valence-electron chi connectivity index (χ0n) is 6.14. The maximum absolute atomic E-state index is 5.23. The van der Waals surface area contributed by atoms with Gasteiger partial charge in [-0.15, -0.1) is 0 Å². The Balaban J connectivity index is 1.98. The molecule has 1 heterocycles. The molecule has 0 bridgehead atoms. The summed E-state index contributed by atoms with van der Waals surface area (Å²) in [5.41, 5.74) is 0.0955. The number of rotatable bonds is 0. The van der Waals surface area contributed by atoms with Gasteiger partial charge in [0.2, 0.25) is 0 Å². The molecule has 1 aliphatic carbocycles. The molecule has 2 nitrogen and oxygen atoms in total. The fourth-order valence-electron chi connectivity index (χ4n) is 1.84. The minimum atomic E-state index is 0.0955. The lowest BCUT2D eigenvalue weighted by Gasteiger charge is -2.29. The van der Waals surface area contributed by atoms with Crippen molar-refractivity contribution in [3.8, 4) is 0 Å². The summed E-state index contributed by atoms with van der Waals surface area (Å²) in [5, 5.41) is 0. The molecule has 57 valence electrons. The Hall–Kier alpha value is -0.0800. The van der Waals surface area contributed by atoms with Crippen LogP contribution in [0.2, 0.25) is 0 Å². The van der Waals surface area contributed by atoms with Crippen molar-refractivity contribution in [3.63, 3.8) is 0 Å². The fraction of sp³-hybridized carbons (Fsp3) is 0.875. The van der Waals surface area contributed by atoms with Crippen LogP contribution in [0.1, 0.15) is 38.5 Å². The van der Waals surface area contributed by atoms with Gasteiger partial charge in [-0.25, -0.2) is 9.78 Å². The standard InChI is InChI=1S/C8H13O2/c1-2-4-8(5-3-1)6-7-9-10-8/h7H,1-6H2. The van der Waals surface area contributed by atoms with Gasteiger partial charge in [-0.05, 0) is 12.8 Å². The van der Waals surface area contributed by atoms with Gasteiger partial charge in [-0.2, -0.15) is 0 Å². The maximum Gasteiger partial charge on any atom is 0.125 e. The topological polar surface area (TPSA) is 18.5 Å². The molecule has 1 saturated carbocycles. The molecule has 1 saturated heterocycles. The quantitative estimate of drug-likeness (QED) is 0.481. The molecule has 2 fully saturated rings. The lowest BCUT2D eigenvalue weighted by molar-refractivity contribution is -0.301. The lowest BCUT2D eigenvalue weighted by atomic mass is 9.83. The third kappa shape index (κ3) is 1.06. The molecular formula is C8H13O2. The van der Waals surface area contributed by atoms with Crippen molar-refractivity contribution in [1.29, 1.82) is 0 Å². The first-order valence-electron chi connectivity index (χ1n) is 4.08. The van der Waals surface area contributed by atoms with E-state index < -0.39 is 0 Å². The van der Waals surface area contributed by atoms with E-state index in [1.807, 2.05) is 0 Å². The predicted octanol–water partition coefficient (Wildman–Crippen LogP) is 2.20. The molecule has 2 heteroatoms. The first-order chi connectivity index (χ1) is 4.91. The molecule has 0 aromatic heterocycles. The second-order valence-corrected chi connectivity index (χ2v) is 3.29. The molecule has 0 atom stereocenters. The van der Waals surface area contributed by atoms with Crippen LogP contribution in [-0.4, -0.2) is 5.60 Å². The normalized spacial score (nSPS) is 31.2. The van der Waals surface area contributed by atoms with Gasteiger partial charge in [0.05, 0.1) is 0 Å². The third-order valence-electron chi connectivity index (χ3n) is 2.51. The summed E-state index contributed by atoms with van der Waals surface area (Å²) in [7, 11) is 0. The van der Waals surface area contributed by atoms with Gasteiger partial charge in [0, 0.05) is 6.42 Å². The number of hydrogen-bond acceptors (Lipinski definition) is 2. The van der Waals surface area contributed by atoms with Crippen molar-refractivity contribution in [3.05, 3.63) is 6.61 Å². The monoisotopic (exact) mass is 141 g/mol. The van der Waals surface area contributed by atoms with Crippen LogP contribution in [0.25, 0.3) is 0 Å². The Morgan fingerprint density at radius 1 is 1.10 bits per heavy atom. The average Bonchev–Trinajstić information content (AvgIpc) is 2.39. The Kier molecular flexibility index (Phi) is 1.66. The van der Waals surface area contributed by atoms with E-state index in [0.717, 1.165) is 6.42 Å². The van der Waals surface area contributed by atoms with E-state index in [4.69, 9.17) is 9.78 Å². The largest absolute Gasteiger partial charge is 0.230 e. The smallest absolute Gasteiger partial charge is 0.125 e. The Morgan fingerprint density at radius 3 is 2.50 bits per heavy atom. The van der Waals surface area contributed by atoms with Crippen molar-refractivity contribution >= 4 is 0 Å². The number of hydrogen-bond donors (Lipinski definition) is 0. The van der Waals surface area contributed by atoms with E-state index in [-0.39, 0.29) is 5.60 Å². The highest BCUT2D eigenvalue weighted by Gasteiger charge is 2.38. The summed E-state index contributed by atoms with van der Waals surface area (Å²) in [4.78, 5) is 10.0. The van der Waals surface area contributed by atoms with Crippen LogP contribution < -0.4 is 0 Å². The first-order valence-corrected chi connectivity index (χ1v) is 4.08. The molecule has 2 rings (SSSR count). The van der Waals surface area contributed by atoms with E-state index in [2.05, 4.69) is 0 Å². The van der Waals surface area contributed by atoms with Crippen LogP contribution in [0.4, 0.5) is 0 Å². The highest BCUT2D eigenvalue weighted by atomic mass is 17.2. The summed E-state index contributed by atoms with van der Waals surface area (Å²) < 4.78 is 0. The van der Waals surface area contributed by atoms with Gasteiger partial charge in [0.1, 0.15) is 12.2 Å². The minimum absolute atomic E-state index is 0.0955. The van der Waals surface area contributed by atoms with E-state index in [0.29, 0.717) is 0 Å². The second-order valence-electron chi connectivity index (χ2n) is 3.29. The SMILES string of the molecule is [CH]1CC2(CCCCC2)OO1. The van der Waals surface area contributed by atoms with Crippen LogP contribution in [-0.2, 0) is 9.78 Å². The molecule has 1 spiro atoms. The van der Waals surface area contributed by atoms with E-state index >= 15 is 0 Å². The zero-order chi connectivity index (χ0) is 6.86. The van der Waals surface area contributed by atoms with Crippen molar-refractivity contribution in [2.45, 2.75) is 44.1 Å². The van der Waals surface area contributed by atoms with Crippen molar-refractivity contribution < 1.29 is 9.78 Å². The third-order valence-corrected chi connectivity index (χ3v) is 2.51. The van der Waals surface area contributed by atoms with Gasteiger partial charge in [-0.3, -0.25) is 0 Å². The summed E-state index contributed by atoms with van der Waals surface area (Å²) in [5.74, 6) is 0. The highest BCUT2D eigenvalue weighted by molar-refractivity contribution is 4.88. The molecule has 0 unspecified atom stereocenters. The van der Waals surface area contributed by atoms with Crippen LogP contribution in [0.3, 0.4) is 0 Å². The van der Waals surface area contributed by atoms with Crippen molar-refractivity contribution in [2.75, 3.05) is 0 Å². The van der Waals surface area contributed by atoms with Crippen LogP contribution >= 0.6 is 0 Å². The van der Waals surface area contributed by atoms with Crippen molar-refractivity contribution in [1.82, 2.24) is 0 Å². The van der Waals surface area contributed by atoms with Crippen LogP contribution in [0.15, 0.2) is 0 Å². The van der Waals surface area contributed by atoms with Gasteiger partial charge < -0.3 is 0 Å². The highest BCUT2D eigenvalue weighted by Crippen LogP contribution is 2.39. The minimum Gasteiger partial charge on any atom is -0.230 e. The summed E-state index contributed by atoms with van der Waals surface area (Å²) in [6.07, 6.45) is 7.33. The molecule has 1 radical (unpaired) electrons. The van der Waals surface area contributed by atoms with Crippen molar-refractivity contribution in [2.24, 2.45) is 0 Å². The van der Waals surface area contributed by atoms with Crippen LogP contribution in [0, 0.1) is 6.61 Å². The van der Waals surface area contributed by atoms with E-state index in [9.17, 15) is 0 Å². The Labute approximate surface area is 61.4 Å². The molecular weight excluding hydrogens is 128 g/mol. The summed E-state index contributed by atoms with van der Waals surface area (Å²) in [6, 6.07) is 0. The van der Waals surface area contributed by atoms with Gasteiger partial charge in [0.25, 0.3) is 0 Å². The zero-order valence-corrected chi connectivity index (χ0v) is 6.14. The maximum atomic E-state index is 5.23. The summed E-state index contributed by atoms with van der Waals surface area (Å²) >= 11 is 0. The predicted molar refractivity (Wildman–Crippen MR) is 36.9 cm³/mol. The Bertz CT molecular complexity index is 108. The molecule has 10 heavy (non-hydrogen) atoms. The van der Waals surface area contributed by atoms with Crippen LogP contribution in [0.5, 0.6) is 0 Å². The van der Waals surface area contributed by atoms with E-state index in [1.165, 1.54) is 32.1 Å². The first kappa shape index (κ1) is 6.62. The molecule has 0 aromatic carbocycles. The second kappa shape index (κ2) is 2.51. The molecule has 1 aliphatic heterocycles. The van der Waals surface area contributed by atoms with Gasteiger partial charge in [-0.1, -0.05) is 19.3 Å². The molecule has 0 amide bonds. The van der Waals surface area contributed by atoms with Gasteiger partial charge in [0.15, 0.2) is 0 Å². The molecule has 0 aromatic rings. The summed E-state index contributed by atoms with van der Waals surface area (Å²) in [6.45, 7) is 1.78.